The number of ether oxygens (including phenoxy) is 1. The van der Waals surface area contributed by atoms with Crippen molar-refractivity contribution in [1.29, 1.82) is 0 Å². The Morgan fingerprint density at radius 1 is 1.29 bits per heavy atom. The molecule has 146 valence electrons. The minimum absolute atomic E-state index is 0.125. The summed E-state index contributed by atoms with van der Waals surface area (Å²) in [6.07, 6.45) is 1.60. The van der Waals surface area contributed by atoms with E-state index in [9.17, 15) is 9.59 Å². The Labute approximate surface area is 167 Å². The zero-order valence-corrected chi connectivity index (χ0v) is 16.8. The van der Waals surface area contributed by atoms with Crippen LogP contribution in [0.1, 0.15) is 13.8 Å². The van der Waals surface area contributed by atoms with Crippen LogP contribution >= 0.6 is 11.8 Å². The lowest BCUT2D eigenvalue weighted by Crippen LogP contribution is -2.26. The molecule has 0 aliphatic carbocycles. The maximum atomic E-state index is 12.8. The SMILES string of the molecule is COc1cccc(NC(=O)CSc2nc3ncccc3c(=O)n2CC(C)C)c1. The third kappa shape index (κ3) is 4.69. The predicted molar refractivity (Wildman–Crippen MR) is 111 cm³/mol. The highest BCUT2D eigenvalue weighted by Crippen LogP contribution is 2.20. The number of thioether (sulfide) groups is 1. The Hall–Kier alpha value is -2.87. The molecule has 0 saturated carbocycles. The van der Waals surface area contributed by atoms with Crippen LogP contribution in [0, 0.1) is 5.92 Å². The summed E-state index contributed by atoms with van der Waals surface area (Å²) >= 11 is 1.22. The lowest BCUT2D eigenvalue weighted by molar-refractivity contribution is -0.113. The molecule has 0 bridgehead atoms. The molecule has 2 aromatic heterocycles. The van der Waals surface area contributed by atoms with Gasteiger partial charge in [-0.05, 0) is 30.2 Å². The lowest BCUT2D eigenvalue weighted by atomic mass is 10.2. The van der Waals surface area contributed by atoms with E-state index in [1.165, 1.54) is 11.8 Å². The van der Waals surface area contributed by atoms with Crippen LogP contribution in [0.4, 0.5) is 5.69 Å². The van der Waals surface area contributed by atoms with Gasteiger partial charge in [0.1, 0.15) is 5.75 Å². The van der Waals surface area contributed by atoms with Gasteiger partial charge >= 0.3 is 0 Å². The molecule has 0 atom stereocenters. The van der Waals surface area contributed by atoms with Gasteiger partial charge in [0.25, 0.3) is 5.56 Å². The van der Waals surface area contributed by atoms with Gasteiger partial charge in [-0.2, -0.15) is 0 Å². The second-order valence-electron chi connectivity index (χ2n) is 6.65. The van der Waals surface area contributed by atoms with E-state index in [2.05, 4.69) is 15.3 Å². The highest BCUT2D eigenvalue weighted by molar-refractivity contribution is 7.99. The average molecular weight is 398 g/mol. The van der Waals surface area contributed by atoms with Crippen molar-refractivity contribution < 1.29 is 9.53 Å². The van der Waals surface area contributed by atoms with E-state index in [1.54, 1.807) is 54.3 Å². The molecule has 1 N–H and O–H groups in total. The van der Waals surface area contributed by atoms with Crippen LogP contribution in [0.5, 0.6) is 5.75 Å². The minimum Gasteiger partial charge on any atom is -0.497 e. The Kier molecular flexibility index (Phi) is 6.30. The van der Waals surface area contributed by atoms with E-state index in [-0.39, 0.29) is 23.1 Å². The smallest absolute Gasteiger partial charge is 0.263 e. The Balaban J connectivity index is 1.80. The van der Waals surface area contributed by atoms with Gasteiger partial charge in [0, 0.05) is 24.5 Å². The topological polar surface area (TPSA) is 86.1 Å². The van der Waals surface area contributed by atoms with Gasteiger partial charge in [-0.1, -0.05) is 31.7 Å². The molecule has 1 aromatic carbocycles. The normalized spacial score (nSPS) is 11.0. The maximum absolute atomic E-state index is 12.8. The molecule has 1 amide bonds. The summed E-state index contributed by atoms with van der Waals surface area (Å²) in [6, 6.07) is 10.6. The third-order valence-electron chi connectivity index (χ3n) is 3.93. The molecule has 0 aliphatic heterocycles. The molecular formula is C20H22N4O3S. The van der Waals surface area contributed by atoms with Crippen LogP contribution in [0.15, 0.2) is 52.5 Å². The van der Waals surface area contributed by atoms with Crippen molar-refractivity contribution in [3.05, 3.63) is 52.9 Å². The number of aromatic nitrogens is 3. The van der Waals surface area contributed by atoms with E-state index >= 15 is 0 Å². The highest BCUT2D eigenvalue weighted by Gasteiger charge is 2.15. The average Bonchev–Trinajstić information content (AvgIpc) is 2.68. The number of amides is 1. The molecule has 8 heteroatoms. The molecule has 28 heavy (non-hydrogen) atoms. The Bertz CT molecular complexity index is 1050. The van der Waals surface area contributed by atoms with Crippen molar-refractivity contribution in [1.82, 2.24) is 14.5 Å². The largest absolute Gasteiger partial charge is 0.497 e. The first-order valence-corrected chi connectivity index (χ1v) is 9.88. The summed E-state index contributed by atoms with van der Waals surface area (Å²) in [5, 5.41) is 3.80. The fraction of sp³-hybridized carbons (Fsp3) is 0.300. The first kappa shape index (κ1) is 19.9. The molecule has 3 aromatic rings. The molecule has 0 radical (unpaired) electrons. The fourth-order valence-corrected chi connectivity index (χ4v) is 3.50. The van der Waals surface area contributed by atoms with Crippen LogP contribution < -0.4 is 15.6 Å². The second-order valence-corrected chi connectivity index (χ2v) is 7.59. The number of anilines is 1. The molecule has 3 rings (SSSR count). The quantitative estimate of drug-likeness (QED) is 0.486. The third-order valence-corrected chi connectivity index (χ3v) is 4.90. The first-order chi connectivity index (χ1) is 13.5. The number of nitrogens with zero attached hydrogens (tertiary/aromatic N) is 3. The predicted octanol–water partition coefficient (Wildman–Crippen LogP) is 3.19. The van der Waals surface area contributed by atoms with Crippen LogP contribution in [-0.2, 0) is 11.3 Å². The molecule has 0 fully saturated rings. The summed E-state index contributed by atoms with van der Waals surface area (Å²) in [7, 11) is 1.57. The standard InChI is InChI=1S/C20H22N4O3S/c1-13(2)11-24-19(26)16-8-5-9-21-18(16)23-20(24)28-12-17(25)22-14-6-4-7-15(10-14)27-3/h4-10,13H,11-12H2,1-3H3,(H,22,25). The van der Waals surface area contributed by atoms with Crippen molar-refractivity contribution in [2.24, 2.45) is 5.92 Å². The van der Waals surface area contributed by atoms with E-state index in [1.807, 2.05) is 13.8 Å². The highest BCUT2D eigenvalue weighted by atomic mass is 32.2. The van der Waals surface area contributed by atoms with E-state index in [0.717, 1.165) is 0 Å². The van der Waals surface area contributed by atoms with Crippen LogP contribution in [-0.4, -0.2) is 33.3 Å². The Morgan fingerprint density at radius 3 is 2.86 bits per heavy atom. The molecular weight excluding hydrogens is 376 g/mol. The number of carbonyl (C=O) groups excluding carboxylic acids is 1. The van der Waals surface area contributed by atoms with Crippen molar-refractivity contribution in [3.63, 3.8) is 0 Å². The van der Waals surface area contributed by atoms with Crippen molar-refractivity contribution in [2.45, 2.75) is 25.5 Å². The summed E-state index contributed by atoms with van der Waals surface area (Å²) in [4.78, 5) is 33.9. The summed E-state index contributed by atoms with van der Waals surface area (Å²) in [6.45, 7) is 4.59. The number of benzene rings is 1. The van der Waals surface area contributed by atoms with Gasteiger partial charge < -0.3 is 10.1 Å². The van der Waals surface area contributed by atoms with Gasteiger partial charge in [0.05, 0.1) is 18.2 Å². The lowest BCUT2D eigenvalue weighted by Gasteiger charge is -2.14. The first-order valence-electron chi connectivity index (χ1n) is 8.90. The number of hydrogen-bond acceptors (Lipinski definition) is 6. The molecule has 7 nitrogen and oxygen atoms in total. The number of carbonyl (C=O) groups is 1. The van der Waals surface area contributed by atoms with Crippen molar-refractivity contribution in [3.8, 4) is 5.75 Å². The van der Waals surface area contributed by atoms with E-state index < -0.39 is 0 Å². The summed E-state index contributed by atoms with van der Waals surface area (Å²) in [5.74, 6) is 0.863. The maximum Gasteiger partial charge on any atom is 0.263 e. The van der Waals surface area contributed by atoms with Crippen LogP contribution in [0.25, 0.3) is 11.0 Å². The number of nitrogens with one attached hydrogen (secondary N) is 1. The number of fused-ring (bicyclic) bond motifs is 1. The Morgan fingerprint density at radius 2 is 2.11 bits per heavy atom. The van der Waals surface area contributed by atoms with E-state index in [0.29, 0.717) is 34.2 Å². The number of rotatable bonds is 7. The number of pyridine rings is 1. The minimum atomic E-state index is -0.190. The summed E-state index contributed by atoms with van der Waals surface area (Å²) < 4.78 is 6.78. The van der Waals surface area contributed by atoms with Gasteiger partial charge in [0.2, 0.25) is 5.91 Å². The molecule has 0 aliphatic rings. The van der Waals surface area contributed by atoms with Crippen molar-refractivity contribution >= 4 is 34.4 Å². The van der Waals surface area contributed by atoms with Gasteiger partial charge in [-0.3, -0.25) is 14.2 Å². The van der Waals surface area contributed by atoms with Gasteiger partial charge in [-0.25, -0.2) is 9.97 Å². The van der Waals surface area contributed by atoms with E-state index in [4.69, 9.17) is 4.74 Å². The second kappa shape index (κ2) is 8.88. The fourth-order valence-electron chi connectivity index (χ4n) is 2.70. The van der Waals surface area contributed by atoms with Gasteiger partial charge in [-0.15, -0.1) is 0 Å². The van der Waals surface area contributed by atoms with Crippen LogP contribution in [0.3, 0.4) is 0 Å². The van der Waals surface area contributed by atoms with Crippen LogP contribution in [0.2, 0.25) is 0 Å². The molecule has 2 heterocycles. The zero-order valence-electron chi connectivity index (χ0n) is 16.0. The van der Waals surface area contributed by atoms with Gasteiger partial charge in [0.15, 0.2) is 10.8 Å². The molecule has 0 saturated heterocycles. The summed E-state index contributed by atoms with van der Waals surface area (Å²) in [5.41, 5.74) is 0.906. The molecule has 0 spiro atoms. The monoisotopic (exact) mass is 398 g/mol. The molecule has 0 unspecified atom stereocenters. The van der Waals surface area contributed by atoms with Crippen molar-refractivity contribution in [2.75, 3.05) is 18.2 Å². The zero-order chi connectivity index (χ0) is 20.1. The number of hydrogen-bond donors (Lipinski definition) is 1. The number of methoxy groups -OCH3 is 1.